The summed E-state index contributed by atoms with van der Waals surface area (Å²) in [7, 11) is 0. The van der Waals surface area contributed by atoms with Crippen LogP contribution in [0.5, 0.6) is 0 Å². The van der Waals surface area contributed by atoms with Crippen LogP contribution in [-0.2, 0) is 0 Å². The van der Waals surface area contributed by atoms with Crippen LogP contribution in [0.2, 0.25) is 0 Å². The minimum absolute atomic E-state index is 0.159. The Labute approximate surface area is 221 Å². The van der Waals surface area contributed by atoms with Gasteiger partial charge in [-0.1, -0.05) is 48.5 Å². The van der Waals surface area contributed by atoms with E-state index >= 15 is 0 Å². The molecule has 0 aliphatic carbocycles. The van der Waals surface area contributed by atoms with Gasteiger partial charge in [0, 0.05) is 42.6 Å². The van der Waals surface area contributed by atoms with Crippen LogP contribution in [0, 0.1) is 17.7 Å². The highest BCUT2D eigenvalue weighted by Crippen LogP contribution is 2.44. The van der Waals surface area contributed by atoms with Crippen LogP contribution in [0.25, 0.3) is 10.8 Å². The predicted octanol–water partition coefficient (Wildman–Crippen LogP) is 6.35. The second-order valence-electron chi connectivity index (χ2n) is 10.4. The van der Waals surface area contributed by atoms with Crippen molar-refractivity contribution in [3.63, 3.8) is 0 Å². The molecular weight excluding hydrogens is 487 g/mol. The molecule has 3 aromatic carbocycles. The number of halogens is 1. The van der Waals surface area contributed by atoms with E-state index in [0.29, 0.717) is 22.3 Å². The minimum Gasteiger partial charge on any atom is -0.338 e. The molecular formula is C30H33FN2OS2. The maximum Gasteiger partial charge on any atom is 0.254 e. The van der Waals surface area contributed by atoms with Crippen molar-refractivity contribution in [2.75, 3.05) is 44.2 Å². The number of hydrogen-bond donors (Lipinski definition) is 0. The number of likely N-dealkylation sites (tertiary alicyclic amines) is 2. The molecule has 3 aliphatic heterocycles. The molecule has 0 N–H and O–H groups in total. The van der Waals surface area contributed by atoms with Gasteiger partial charge in [0.15, 0.2) is 0 Å². The molecule has 0 bridgehead atoms. The van der Waals surface area contributed by atoms with Gasteiger partial charge in [0.05, 0.1) is 4.58 Å². The van der Waals surface area contributed by atoms with E-state index in [1.54, 1.807) is 12.1 Å². The molecule has 2 unspecified atom stereocenters. The molecule has 2 atom stereocenters. The third kappa shape index (κ3) is 5.05. The molecule has 3 fully saturated rings. The minimum atomic E-state index is -0.159. The van der Waals surface area contributed by atoms with Gasteiger partial charge in [0.25, 0.3) is 5.91 Å². The molecule has 1 amide bonds. The Morgan fingerprint density at radius 2 is 1.61 bits per heavy atom. The molecule has 0 saturated carbocycles. The van der Waals surface area contributed by atoms with Crippen LogP contribution in [0.1, 0.15) is 34.7 Å². The molecule has 3 saturated heterocycles. The molecule has 3 aliphatic rings. The second kappa shape index (κ2) is 10.8. The molecule has 3 aromatic rings. The summed E-state index contributed by atoms with van der Waals surface area (Å²) in [5, 5.41) is 2.18. The number of benzene rings is 3. The average Bonchev–Trinajstić information content (AvgIpc) is 3.59. The van der Waals surface area contributed by atoms with Crippen molar-refractivity contribution in [1.82, 2.24) is 9.80 Å². The van der Waals surface area contributed by atoms with E-state index in [1.807, 2.05) is 36.4 Å². The number of hydrogen-bond acceptors (Lipinski definition) is 4. The Morgan fingerprint density at radius 3 is 2.39 bits per heavy atom. The summed E-state index contributed by atoms with van der Waals surface area (Å²) in [6, 6.07) is 21.4. The SMILES string of the molecule is O=C(c1cccc2ccccc12)N1CC(CN2CCC(c3ccc(F)cc3)CC2)C(C2SCCS2)C1. The van der Waals surface area contributed by atoms with Gasteiger partial charge >= 0.3 is 0 Å². The summed E-state index contributed by atoms with van der Waals surface area (Å²) in [5.41, 5.74) is 2.10. The summed E-state index contributed by atoms with van der Waals surface area (Å²) >= 11 is 4.18. The van der Waals surface area contributed by atoms with Crippen molar-refractivity contribution in [2.45, 2.75) is 23.3 Å². The maximum atomic E-state index is 13.8. The summed E-state index contributed by atoms with van der Waals surface area (Å²) in [5.74, 6) is 4.03. The topological polar surface area (TPSA) is 23.6 Å². The number of thioether (sulfide) groups is 2. The van der Waals surface area contributed by atoms with E-state index in [0.717, 1.165) is 61.9 Å². The maximum absolute atomic E-state index is 13.8. The Hall–Kier alpha value is -2.02. The number of piperidine rings is 1. The number of amides is 1. The van der Waals surface area contributed by atoms with Crippen molar-refractivity contribution < 1.29 is 9.18 Å². The van der Waals surface area contributed by atoms with Crippen LogP contribution < -0.4 is 0 Å². The standard InChI is InChI=1S/C30H33FN2OS2/c31-25-10-8-21(9-11-25)22-12-14-32(15-13-22)18-24-19-33(20-28(24)30-35-16-17-36-30)29(34)27-7-3-5-23-4-1-2-6-26(23)27/h1-11,22,24,28,30H,12-20H2. The third-order valence-electron chi connectivity index (χ3n) is 8.22. The fourth-order valence-corrected chi connectivity index (χ4v) is 9.59. The highest BCUT2D eigenvalue weighted by atomic mass is 32.2. The molecule has 3 heterocycles. The van der Waals surface area contributed by atoms with Crippen LogP contribution in [0.4, 0.5) is 4.39 Å². The highest BCUT2D eigenvalue weighted by Gasteiger charge is 2.42. The Bertz CT molecular complexity index is 1200. The van der Waals surface area contributed by atoms with Crippen molar-refractivity contribution in [2.24, 2.45) is 11.8 Å². The van der Waals surface area contributed by atoms with Crippen molar-refractivity contribution in [1.29, 1.82) is 0 Å². The number of carbonyl (C=O) groups excluding carboxylic acids is 1. The van der Waals surface area contributed by atoms with Crippen molar-refractivity contribution in [3.8, 4) is 0 Å². The van der Waals surface area contributed by atoms with Gasteiger partial charge in [-0.2, -0.15) is 0 Å². The van der Waals surface area contributed by atoms with Gasteiger partial charge in [-0.15, -0.1) is 23.5 Å². The fourth-order valence-electron chi connectivity index (χ4n) is 6.29. The van der Waals surface area contributed by atoms with E-state index in [2.05, 4.69) is 51.5 Å². The third-order valence-corrected chi connectivity index (χ3v) is 11.5. The zero-order valence-electron chi connectivity index (χ0n) is 20.5. The van der Waals surface area contributed by atoms with Crippen LogP contribution in [0.3, 0.4) is 0 Å². The number of nitrogens with zero attached hydrogens (tertiary/aromatic N) is 2. The first kappa shape index (κ1) is 24.3. The van der Waals surface area contributed by atoms with E-state index in [4.69, 9.17) is 0 Å². The Kier molecular flexibility index (Phi) is 7.27. The van der Waals surface area contributed by atoms with Crippen LogP contribution >= 0.6 is 23.5 Å². The smallest absolute Gasteiger partial charge is 0.254 e. The van der Waals surface area contributed by atoms with Crippen molar-refractivity contribution >= 4 is 40.2 Å². The van der Waals surface area contributed by atoms with E-state index in [9.17, 15) is 9.18 Å². The monoisotopic (exact) mass is 520 g/mol. The molecule has 0 spiro atoms. The van der Waals surface area contributed by atoms with Gasteiger partial charge < -0.3 is 9.80 Å². The Balaban J connectivity index is 1.15. The van der Waals surface area contributed by atoms with Gasteiger partial charge in [0.2, 0.25) is 0 Å². The van der Waals surface area contributed by atoms with Gasteiger partial charge in [0.1, 0.15) is 5.82 Å². The average molecular weight is 521 g/mol. The largest absolute Gasteiger partial charge is 0.338 e. The fraction of sp³-hybridized carbons (Fsp3) is 0.433. The molecule has 0 radical (unpaired) electrons. The first-order valence-electron chi connectivity index (χ1n) is 13.1. The summed E-state index contributed by atoms with van der Waals surface area (Å²) in [4.78, 5) is 18.5. The number of fused-ring (bicyclic) bond motifs is 1. The lowest BCUT2D eigenvalue weighted by Gasteiger charge is -2.35. The van der Waals surface area contributed by atoms with Crippen molar-refractivity contribution in [3.05, 3.63) is 83.7 Å². The quantitative estimate of drug-likeness (QED) is 0.391. The summed E-state index contributed by atoms with van der Waals surface area (Å²) < 4.78 is 13.9. The number of carbonyl (C=O) groups is 1. The zero-order valence-corrected chi connectivity index (χ0v) is 22.2. The Morgan fingerprint density at radius 1 is 0.889 bits per heavy atom. The number of rotatable bonds is 5. The lowest BCUT2D eigenvalue weighted by atomic mass is 9.88. The van der Waals surface area contributed by atoms with Gasteiger partial charge in [-0.3, -0.25) is 4.79 Å². The molecule has 6 rings (SSSR count). The molecule has 188 valence electrons. The lowest BCUT2D eigenvalue weighted by Crippen LogP contribution is -2.39. The lowest BCUT2D eigenvalue weighted by molar-refractivity contribution is 0.0782. The highest BCUT2D eigenvalue weighted by molar-refractivity contribution is 8.20. The van der Waals surface area contributed by atoms with E-state index < -0.39 is 0 Å². The summed E-state index contributed by atoms with van der Waals surface area (Å²) in [6.07, 6.45) is 2.24. The molecule has 0 aromatic heterocycles. The molecule has 6 heteroatoms. The zero-order chi connectivity index (χ0) is 24.5. The molecule has 3 nitrogen and oxygen atoms in total. The predicted molar refractivity (Wildman–Crippen MR) is 150 cm³/mol. The second-order valence-corrected chi connectivity index (χ2v) is 13.2. The van der Waals surface area contributed by atoms with Crippen LogP contribution in [-0.4, -0.2) is 64.5 Å². The van der Waals surface area contributed by atoms with Crippen LogP contribution in [0.15, 0.2) is 66.7 Å². The normalized spacial score (nSPS) is 24.1. The van der Waals surface area contributed by atoms with E-state index in [1.165, 1.54) is 17.1 Å². The van der Waals surface area contributed by atoms with Gasteiger partial charge in [-0.25, -0.2) is 4.39 Å². The van der Waals surface area contributed by atoms with E-state index in [-0.39, 0.29) is 11.7 Å². The first-order chi connectivity index (χ1) is 17.7. The summed E-state index contributed by atoms with van der Waals surface area (Å²) in [6.45, 7) is 4.93. The van der Waals surface area contributed by atoms with Gasteiger partial charge in [-0.05, 0) is 72.3 Å². The first-order valence-corrected chi connectivity index (χ1v) is 15.2. The molecule has 36 heavy (non-hydrogen) atoms.